The van der Waals surface area contributed by atoms with Crippen LogP contribution in [0.3, 0.4) is 0 Å². The van der Waals surface area contributed by atoms with Crippen molar-refractivity contribution in [3.63, 3.8) is 0 Å². The molecular formula is C18H18N2O7. The summed E-state index contributed by atoms with van der Waals surface area (Å²) in [7, 11) is 1.30. The maximum atomic E-state index is 12.6. The number of carbonyl (C=O) groups is 1. The van der Waals surface area contributed by atoms with Gasteiger partial charge in [-0.05, 0) is 24.3 Å². The zero-order valence-corrected chi connectivity index (χ0v) is 14.4. The average molecular weight is 374 g/mol. The topological polar surface area (TPSA) is 122 Å². The highest BCUT2D eigenvalue weighted by Crippen LogP contribution is 2.37. The highest BCUT2D eigenvalue weighted by molar-refractivity contribution is 6.05. The molecule has 1 amide bonds. The largest absolute Gasteiger partial charge is 0.490 e. The number of ether oxygens (including phenoxy) is 2. The number of aliphatic hydroxyl groups is 2. The number of anilines is 1. The highest BCUT2D eigenvalue weighted by atomic mass is 16.6. The summed E-state index contributed by atoms with van der Waals surface area (Å²) in [5.74, 6) is 0.00948. The monoisotopic (exact) mass is 374 g/mol. The molecule has 9 nitrogen and oxygen atoms in total. The number of amides is 1. The van der Waals surface area contributed by atoms with E-state index in [1.54, 1.807) is 30.3 Å². The Kier molecular flexibility index (Phi) is 5.24. The number of nitrogens with zero attached hydrogens (tertiary/aromatic N) is 2. The fraction of sp³-hybridized carbons (Fsp3) is 0.278. The van der Waals surface area contributed by atoms with E-state index in [0.717, 1.165) is 0 Å². The maximum absolute atomic E-state index is 12.6. The molecule has 9 heteroatoms. The van der Waals surface area contributed by atoms with E-state index in [1.165, 1.54) is 30.2 Å². The minimum Gasteiger partial charge on any atom is -0.490 e. The van der Waals surface area contributed by atoms with Crippen LogP contribution in [0.2, 0.25) is 0 Å². The summed E-state index contributed by atoms with van der Waals surface area (Å²) in [5.41, 5.74) is -0.106. The number of para-hydroxylation sites is 1. The lowest BCUT2D eigenvalue weighted by atomic mass is 9.91. The number of rotatable bonds is 7. The Hall–Kier alpha value is -3.17. The summed E-state index contributed by atoms with van der Waals surface area (Å²) < 4.78 is 10.6. The van der Waals surface area contributed by atoms with Gasteiger partial charge in [-0.15, -0.1) is 0 Å². The predicted octanol–water partition coefficient (Wildman–Crippen LogP) is 1.12. The molecular weight excluding hydrogens is 356 g/mol. The minimum absolute atomic E-state index is 0.0491. The van der Waals surface area contributed by atoms with Crippen LogP contribution in [0.25, 0.3) is 0 Å². The molecule has 2 aromatic carbocycles. The number of methoxy groups -OCH3 is 1. The number of β-lactam (4-membered cyclic amide) rings is 1. The van der Waals surface area contributed by atoms with Gasteiger partial charge in [-0.25, -0.2) is 0 Å². The molecule has 1 saturated heterocycles. The number of benzene rings is 2. The minimum atomic E-state index is -1.28. The Morgan fingerprint density at radius 2 is 1.96 bits per heavy atom. The summed E-state index contributed by atoms with van der Waals surface area (Å²) in [4.78, 5) is 24.4. The molecule has 1 heterocycles. The number of carbonyl (C=O) groups excluding carboxylic acids is 1. The second-order valence-electron chi connectivity index (χ2n) is 5.91. The molecule has 0 aliphatic carbocycles. The van der Waals surface area contributed by atoms with Gasteiger partial charge < -0.3 is 19.7 Å². The second kappa shape index (κ2) is 7.60. The maximum Gasteiger partial charge on any atom is 0.312 e. The van der Waals surface area contributed by atoms with Crippen molar-refractivity contribution in [3.05, 3.63) is 58.6 Å². The molecule has 2 N–H and O–H groups in total. The standard InChI is InChI=1S/C18H18N2O7/c1-26-15-8-7-11(9-13(15)20(24)25)19-16(14(22)10-21)17(18(19)23)27-12-5-3-2-4-6-12/h2-9,14,16-17,21-22H,10H2,1H3/t14-,16+,17-/m1/s1. The Balaban J connectivity index is 1.92. The van der Waals surface area contributed by atoms with Crippen molar-refractivity contribution in [3.8, 4) is 11.5 Å². The van der Waals surface area contributed by atoms with Crippen LogP contribution in [0.15, 0.2) is 48.5 Å². The Morgan fingerprint density at radius 1 is 1.26 bits per heavy atom. The molecule has 3 rings (SSSR count). The van der Waals surface area contributed by atoms with Gasteiger partial charge in [0, 0.05) is 6.07 Å². The Labute approximate surface area is 154 Å². The van der Waals surface area contributed by atoms with E-state index in [2.05, 4.69) is 0 Å². The molecule has 0 saturated carbocycles. The van der Waals surface area contributed by atoms with E-state index in [-0.39, 0.29) is 17.1 Å². The molecule has 0 unspecified atom stereocenters. The van der Waals surface area contributed by atoms with Gasteiger partial charge in [0.2, 0.25) is 6.10 Å². The summed E-state index contributed by atoms with van der Waals surface area (Å²) in [6, 6.07) is 11.7. The van der Waals surface area contributed by atoms with Gasteiger partial charge >= 0.3 is 5.69 Å². The van der Waals surface area contributed by atoms with Gasteiger partial charge in [-0.2, -0.15) is 0 Å². The smallest absolute Gasteiger partial charge is 0.312 e. The van der Waals surface area contributed by atoms with Crippen LogP contribution in [-0.2, 0) is 4.79 Å². The second-order valence-corrected chi connectivity index (χ2v) is 5.91. The van der Waals surface area contributed by atoms with Crippen LogP contribution < -0.4 is 14.4 Å². The van der Waals surface area contributed by atoms with Crippen LogP contribution in [0.1, 0.15) is 0 Å². The van der Waals surface area contributed by atoms with E-state index >= 15 is 0 Å². The van der Waals surface area contributed by atoms with E-state index in [4.69, 9.17) is 9.47 Å². The number of hydrogen-bond donors (Lipinski definition) is 2. The molecule has 0 aromatic heterocycles. The summed E-state index contributed by atoms with van der Waals surface area (Å²) >= 11 is 0. The zero-order valence-electron chi connectivity index (χ0n) is 14.4. The lowest BCUT2D eigenvalue weighted by molar-refractivity contribution is -0.385. The van der Waals surface area contributed by atoms with Gasteiger partial charge in [-0.3, -0.25) is 19.8 Å². The third-order valence-electron chi connectivity index (χ3n) is 4.31. The predicted molar refractivity (Wildman–Crippen MR) is 94.9 cm³/mol. The summed E-state index contributed by atoms with van der Waals surface area (Å²) in [6.45, 7) is -0.596. The summed E-state index contributed by atoms with van der Waals surface area (Å²) in [5, 5.41) is 30.8. The van der Waals surface area contributed by atoms with Crippen molar-refractivity contribution < 1.29 is 29.4 Å². The van der Waals surface area contributed by atoms with Crippen LogP contribution in [0.5, 0.6) is 11.5 Å². The van der Waals surface area contributed by atoms with Crippen LogP contribution in [0.4, 0.5) is 11.4 Å². The summed E-state index contributed by atoms with van der Waals surface area (Å²) in [6.07, 6.45) is -2.30. The van der Waals surface area contributed by atoms with Crippen LogP contribution in [0, 0.1) is 10.1 Å². The Bertz CT molecular complexity index is 843. The van der Waals surface area contributed by atoms with Gasteiger partial charge in [0.05, 0.1) is 24.3 Å². The van der Waals surface area contributed by atoms with Crippen molar-refractivity contribution in [2.75, 3.05) is 18.6 Å². The molecule has 0 spiro atoms. The van der Waals surface area contributed by atoms with Crippen molar-refractivity contribution in [1.82, 2.24) is 0 Å². The van der Waals surface area contributed by atoms with Crippen molar-refractivity contribution in [2.45, 2.75) is 18.2 Å². The SMILES string of the molecule is COc1ccc(N2C(=O)[C@H](Oc3ccccc3)[C@@H]2[C@H](O)CO)cc1[N+](=O)[O-]. The zero-order chi connectivity index (χ0) is 19.6. The quantitative estimate of drug-likeness (QED) is 0.423. The molecule has 0 bridgehead atoms. The highest BCUT2D eigenvalue weighted by Gasteiger charge is 2.53. The molecule has 3 atom stereocenters. The van der Waals surface area contributed by atoms with Crippen LogP contribution >= 0.6 is 0 Å². The first-order valence-corrected chi connectivity index (χ1v) is 8.14. The molecule has 142 valence electrons. The number of aliphatic hydroxyl groups excluding tert-OH is 2. The van der Waals surface area contributed by atoms with E-state index in [0.29, 0.717) is 5.75 Å². The van der Waals surface area contributed by atoms with E-state index in [9.17, 15) is 25.1 Å². The average Bonchev–Trinajstić information content (AvgIpc) is 2.69. The van der Waals surface area contributed by atoms with E-state index in [1.807, 2.05) is 0 Å². The van der Waals surface area contributed by atoms with E-state index < -0.39 is 35.7 Å². The molecule has 27 heavy (non-hydrogen) atoms. The molecule has 2 aromatic rings. The lowest BCUT2D eigenvalue weighted by Crippen LogP contribution is -2.72. The van der Waals surface area contributed by atoms with Gasteiger partial charge in [0.25, 0.3) is 5.91 Å². The first-order valence-electron chi connectivity index (χ1n) is 8.14. The van der Waals surface area contributed by atoms with Crippen molar-refractivity contribution >= 4 is 17.3 Å². The molecule has 1 aliphatic heterocycles. The van der Waals surface area contributed by atoms with Crippen molar-refractivity contribution in [1.29, 1.82) is 0 Å². The number of nitro benzene ring substituents is 1. The first-order chi connectivity index (χ1) is 13.0. The fourth-order valence-electron chi connectivity index (χ4n) is 3.00. The first kappa shape index (κ1) is 18.6. The lowest BCUT2D eigenvalue weighted by Gasteiger charge is -2.47. The molecule has 1 aliphatic rings. The van der Waals surface area contributed by atoms with Gasteiger partial charge in [0.1, 0.15) is 17.9 Å². The fourth-order valence-corrected chi connectivity index (χ4v) is 3.00. The van der Waals surface area contributed by atoms with Crippen LogP contribution in [-0.4, -0.2) is 53.0 Å². The number of hydrogen-bond acceptors (Lipinski definition) is 7. The van der Waals surface area contributed by atoms with Crippen molar-refractivity contribution in [2.24, 2.45) is 0 Å². The normalized spacial score (nSPS) is 20.0. The van der Waals surface area contributed by atoms with Gasteiger partial charge in [0.15, 0.2) is 5.75 Å². The molecule has 1 fully saturated rings. The third kappa shape index (κ3) is 3.42. The number of nitro groups is 1. The van der Waals surface area contributed by atoms with Gasteiger partial charge in [-0.1, -0.05) is 18.2 Å². The Morgan fingerprint density at radius 3 is 2.56 bits per heavy atom. The third-order valence-corrected chi connectivity index (χ3v) is 4.31. The molecule has 0 radical (unpaired) electrons.